The second kappa shape index (κ2) is 9.36. The lowest BCUT2D eigenvalue weighted by atomic mass is 9.58. The Morgan fingerprint density at radius 1 is 1.03 bits per heavy atom. The molecule has 0 saturated heterocycles. The quantitative estimate of drug-likeness (QED) is 0.417. The molecule has 0 amide bonds. The summed E-state index contributed by atoms with van der Waals surface area (Å²) in [6.07, 6.45) is 4.58. The minimum absolute atomic E-state index is 0.0680. The molecule has 2 saturated carbocycles. The SMILES string of the molecule is CC(=O)OCC[C@@H]1[C@@H](c2ccc(C(C)=O)cc2)CC[C@]2(C)[C@@H](OC(=O)C(C)(C)C)CC[C@@H]12. The van der Waals surface area contributed by atoms with Crippen molar-refractivity contribution in [2.75, 3.05) is 6.61 Å². The molecule has 2 aliphatic carbocycles. The van der Waals surface area contributed by atoms with Gasteiger partial charge in [-0.3, -0.25) is 14.4 Å². The maximum absolute atomic E-state index is 12.6. The summed E-state index contributed by atoms with van der Waals surface area (Å²) in [5.74, 6) is 0.731. The standard InChI is InChI=1S/C27H38O5/c1-17(28)19-7-9-20(10-8-19)21-13-15-27(6)23(22(21)14-16-31-18(2)29)11-12-24(27)32-25(30)26(3,4)5/h7-10,21-24H,11-16H2,1-6H3/t21-,22-,23+,24+,27+/m1/s1. The van der Waals surface area contributed by atoms with E-state index in [0.29, 0.717) is 24.4 Å². The lowest BCUT2D eigenvalue weighted by Crippen LogP contribution is -2.45. The third-order valence-corrected chi connectivity index (χ3v) is 7.71. The number of carbonyl (C=O) groups is 3. The third-order valence-electron chi connectivity index (χ3n) is 7.71. The zero-order valence-corrected chi connectivity index (χ0v) is 20.4. The van der Waals surface area contributed by atoms with E-state index in [2.05, 4.69) is 19.1 Å². The van der Waals surface area contributed by atoms with Crippen LogP contribution in [0.1, 0.15) is 95.5 Å². The molecule has 0 radical (unpaired) electrons. The monoisotopic (exact) mass is 442 g/mol. The average Bonchev–Trinajstić information content (AvgIpc) is 3.03. The maximum Gasteiger partial charge on any atom is 0.311 e. The summed E-state index contributed by atoms with van der Waals surface area (Å²) in [6, 6.07) is 7.98. The number of hydrogen-bond acceptors (Lipinski definition) is 5. The van der Waals surface area contributed by atoms with Crippen LogP contribution in [0, 0.1) is 22.7 Å². The highest BCUT2D eigenvalue weighted by Gasteiger charge is 2.55. The molecule has 0 N–H and O–H groups in total. The van der Waals surface area contributed by atoms with Gasteiger partial charge in [0.1, 0.15) is 6.10 Å². The molecule has 5 nitrogen and oxygen atoms in total. The Balaban J connectivity index is 1.85. The van der Waals surface area contributed by atoms with Gasteiger partial charge in [-0.25, -0.2) is 0 Å². The van der Waals surface area contributed by atoms with E-state index in [4.69, 9.17) is 9.47 Å². The van der Waals surface area contributed by atoms with Gasteiger partial charge in [0.05, 0.1) is 12.0 Å². The van der Waals surface area contributed by atoms with Crippen LogP contribution in [0.5, 0.6) is 0 Å². The van der Waals surface area contributed by atoms with E-state index >= 15 is 0 Å². The van der Waals surface area contributed by atoms with Crippen LogP contribution in [-0.4, -0.2) is 30.4 Å². The lowest BCUT2D eigenvalue weighted by Gasteiger charge is -2.48. The fraction of sp³-hybridized carbons (Fsp3) is 0.667. The minimum atomic E-state index is -0.515. The van der Waals surface area contributed by atoms with Gasteiger partial charge in [0.25, 0.3) is 0 Å². The molecule has 32 heavy (non-hydrogen) atoms. The highest BCUT2D eigenvalue weighted by molar-refractivity contribution is 5.94. The summed E-state index contributed by atoms with van der Waals surface area (Å²) >= 11 is 0. The Bertz CT molecular complexity index is 850. The van der Waals surface area contributed by atoms with Gasteiger partial charge in [0, 0.05) is 17.9 Å². The number of carbonyl (C=O) groups excluding carboxylic acids is 3. The van der Waals surface area contributed by atoms with Crippen LogP contribution < -0.4 is 0 Å². The summed E-state index contributed by atoms with van der Waals surface area (Å²) in [5.41, 5.74) is 1.37. The van der Waals surface area contributed by atoms with E-state index in [1.807, 2.05) is 32.9 Å². The van der Waals surface area contributed by atoms with Crippen molar-refractivity contribution >= 4 is 17.7 Å². The molecule has 0 bridgehead atoms. The largest absolute Gasteiger partial charge is 0.466 e. The zero-order valence-electron chi connectivity index (χ0n) is 20.4. The van der Waals surface area contributed by atoms with Crippen molar-refractivity contribution in [3.05, 3.63) is 35.4 Å². The molecule has 1 aromatic carbocycles. The molecular weight excluding hydrogens is 404 g/mol. The number of ketones is 1. The molecule has 3 rings (SSSR count). The number of rotatable bonds is 6. The first-order chi connectivity index (χ1) is 14.9. The van der Waals surface area contributed by atoms with Crippen LogP contribution >= 0.6 is 0 Å². The van der Waals surface area contributed by atoms with Crippen LogP contribution in [-0.2, 0) is 19.1 Å². The molecule has 0 aromatic heterocycles. The summed E-state index contributed by atoms with van der Waals surface area (Å²) in [4.78, 5) is 35.7. The topological polar surface area (TPSA) is 69.7 Å². The van der Waals surface area contributed by atoms with Gasteiger partial charge in [-0.1, -0.05) is 31.2 Å². The fourth-order valence-corrected chi connectivity index (χ4v) is 5.86. The molecule has 2 fully saturated rings. The van der Waals surface area contributed by atoms with E-state index in [0.717, 1.165) is 37.7 Å². The second-order valence-electron chi connectivity index (χ2n) is 10.9. The van der Waals surface area contributed by atoms with Gasteiger partial charge in [-0.05, 0) is 83.1 Å². The first-order valence-electron chi connectivity index (χ1n) is 11.9. The van der Waals surface area contributed by atoms with Crippen LogP contribution in [0.15, 0.2) is 24.3 Å². The van der Waals surface area contributed by atoms with Crippen LogP contribution in [0.4, 0.5) is 0 Å². The Morgan fingerprint density at radius 3 is 2.25 bits per heavy atom. The van der Waals surface area contributed by atoms with E-state index in [9.17, 15) is 14.4 Å². The van der Waals surface area contributed by atoms with Crippen molar-refractivity contribution in [2.45, 2.75) is 85.7 Å². The van der Waals surface area contributed by atoms with Crippen LogP contribution in [0.3, 0.4) is 0 Å². The van der Waals surface area contributed by atoms with Crippen molar-refractivity contribution in [3.8, 4) is 0 Å². The summed E-state index contributed by atoms with van der Waals surface area (Å²) < 4.78 is 11.4. The van der Waals surface area contributed by atoms with E-state index < -0.39 is 5.41 Å². The highest BCUT2D eigenvalue weighted by atomic mass is 16.5. The number of benzene rings is 1. The number of Topliss-reactive ketones (excluding diaryl/α,β-unsaturated/α-hetero) is 1. The Labute approximate surface area is 192 Å². The third kappa shape index (κ3) is 5.07. The summed E-state index contributed by atoms with van der Waals surface area (Å²) in [7, 11) is 0. The molecule has 0 unspecified atom stereocenters. The number of ether oxygens (including phenoxy) is 2. The smallest absolute Gasteiger partial charge is 0.311 e. The molecule has 2 aliphatic rings. The molecule has 176 valence electrons. The number of esters is 2. The predicted octanol–water partition coefficient (Wildman–Crippen LogP) is 5.71. The highest BCUT2D eigenvalue weighted by Crippen LogP contribution is 2.60. The summed E-state index contributed by atoms with van der Waals surface area (Å²) in [5, 5.41) is 0. The van der Waals surface area contributed by atoms with Crippen molar-refractivity contribution in [3.63, 3.8) is 0 Å². The van der Waals surface area contributed by atoms with Gasteiger partial charge >= 0.3 is 11.9 Å². The van der Waals surface area contributed by atoms with E-state index in [-0.39, 0.29) is 29.2 Å². The van der Waals surface area contributed by atoms with Gasteiger partial charge in [0.15, 0.2) is 5.78 Å². The van der Waals surface area contributed by atoms with Crippen molar-refractivity contribution in [1.29, 1.82) is 0 Å². The van der Waals surface area contributed by atoms with E-state index in [1.54, 1.807) is 6.92 Å². The maximum atomic E-state index is 12.6. The number of fused-ring (bicyclic) bond motifs is 1. The Morgan fingerprint density at radius 2 is 1.69 bits per heavy atom. The second-order valence-corrected chi connectivity index (χ2v) is 10.9. The molecule has 0 spiro atoms. The van der Waals surface area contributed by atoms with Crippen LogP contribution in [0.2, 0.25) is 0 Å². The van der Waals surface area contributed by atoms with E-state index in [1.165, 1.54) is 12.5 Å². The van der Waals surface area contributed by atoms with Gasteiger partial charge in [0.2, 0.25) is 0 Å². The predicted molar refractivity (Wildman–Crippen MR) is 123 cm³/mol. The van der Waals surface area contributed by atoms with Crippen LogP contribution in [0.25, 0.3) is 0 Å². The van der Waals surface area contributed by atoms with Crippen molar-refractivity contribution in [2.24, 2.45) is 22.7 Å². The fourth-order valence-electron chi connectivity index (χ4n) is 5.86. The Kier molecular flexibility index (Phi) is 7.16. The molecule has 0 aliphatic heterocycles. The minimum Gasteiger partial charge on any atom is -0.466 e. The zero-order chi connectivity index (χ0) is 23.7. The first kappa shape index (κ1) is 24.5. The van der Waals surface area contributed by atoms with Gasteiger partial charge in [-0.2, -0.15) is 0 Å². The summed E-state index contributed by atoms with van der Waals surface area (Å²) in [6.45, 7) is 11.4. The molecule has 1 aromatic rings. The average molecular weight is 443 g/mol. The van der Waals surface area contributed by atoms with Gasteiger partial charge < -0.3 is 9.47 Å². The lowest BCUT2D eigenvalue weighted by molar-refractivity contribution is -0.167. The molecule has 0 heterocycles. The Hall–Kier alpha value is -2.17. The molecular formula is C27H38O5. The normalized spacial score (nSPS) is 29.8. The van der Waals surface area contributed by atoms with Crippen molar-refractivity contribution < 1.29 is 23.9 Å². The van der Waals surface area contributed by atoms with Gasteiger partial charge in [-0.15, -0.1) is 0 Å². The molecule has 5 heteroatoms. The van der Waals surface area contributed by atoms with Crippen molar-refractivity contribution in [1.82, 2.24) is 0 Å². The molecule has 5 atom stereocenters. The number of hydrogen-bond donors (Lipinski definition) is 0. The first-order valence-corrected chi connectivity index (χ1v) is 11.9.